The van der Waals surface area contributed by atoms with Gasteiger partial charge in [-0.25, -0.2) is 0 Å². The monoisotopic (exact) mass is 287 g/mol. The first kappa shape index (κ1) is 12.9. The highest BCUT2D eigenvalue weighted by atomic mass is 16.2. The number of benzene rings is 2. The minimum atomic E-state index is -0.804. The molecule has 3 aromatic rings. The van der Waals surface area contributed by atoms with Gasteiger partial charge < -0.3 is 0 Å². The van der Waals surface area contributed by atoms with Gasteiger partial charge in [0.25, 0.3) is 0 Å². The van der Waals surface area contributed by atoms with Crippen LogP contribution in [-0.2, 0) is 0 Å². The number of aromatic nitrogens is 1. The Morgan fingerprint density at radius 3 is 2.50 bits per heavy atom. The van der Waals surface area contributed by atoms with Crippen molar-refractivity contribution in [3.8, 4) is 0 Å². The molecule has 1 aliphatic carbocycles. The van der Waals surface area contributed by atoms with E-state index in [4.69, 9.17) is 0 Å². The Labute approximate surface area is 127 Å². The molecule has 0 N–H and O–H groups in total. The number of hydrogen-bond donors (Lipinski definition) is 0. The second-order valence-electron chi connectivity index (χ2n) is 5.64. The molecule has 0 amide bonds. The average molecular weight is 287 g/mol. The van der Waals surface area contributed by atoms with Gasteiger partial charge in [0, 0.05) is 16.5 Å². The molecule has 3 heteroatoms. The molecule has 0 fully saturated rings. The molecule has 1 atom stereocenters. The third-order valence-corrected chi connectivity index (χ3v) is 4.15. The van der Waals surface area contributed by atoms with Gasteiger partial charge in [0.05, 0.1) is 11.2 Å². The number of ketones is 2. The van der Waals surface area contributed by atoms with Crippen LogP contribution < -0.4 is 0 Å². The number of rotatable bonds is 1. The first-order chi connectivity index (χ1) is 10.6. The summed E-state index contributed by atoms with van der Waals surface area (Å²) in [5, 5.41) is 0.998. The maximum absolute atomic E-state index is 12.6. The van der Waals surface area contributed by atoms with E-state index in [0.29, 0.717) is 16.8 Å². The molecule has 0 saturated carbocycles. The van der Waals surface area contributed by atoms with Crippen LogP contribution in [-0.4, -0.2) is 16.6 Å². The van der Waals surface area contributed by atoms with E-state index in [9.17, 15) is 9.59 Å². The molecule has 22 heavy (non-hydrogen) atoms. The minimum absolute atomic E-state index is 0.147. The lowest BCUT2D eigenvalue weighted by atomic mass is 9.98. The van der Waals surface area contributed by atoms with Crippen molar-refractivity contribution in [2.24, 2.45) is 0 Å². The molecule has 3 nitrogen and oxygen atoms in total. The lowest BCUT2D eigenvalue weighted by Crippen LogP contribution is -2.14. The van der Waals surface area contributed by atoms with Gasteiger partial charge in [-0.05, 0) is 25.1 Å². The number of carbonyl (C=O) groups is 2. The normalized spacial score (nSPS) is 17.0. The predicted molar refractivity (Wildman–Crippen MR) is 84.3 cm³/mol. The van der Waals surface area contributed by atoms with Gasteiger partial charge >= 0.3 is 0 Å². The summed E-state index contributed by atoms with van der Waals surface area (Å²) < 4.78 is 0. The zero-order chi connectivity index (χ0) is 15.3. The average Bonchev–Trinajstić information content (AvgIpc) is 2.78. The van der Waals surface area contributed by atoms with Crippen molar-refractivity contribution in [3.05, 3.63) is 77.0 Å². The standard InChI is InChI=1S/C19H13NO2/c1-11-6-8-13-14(10-11)19(22)17(18(13)21)16-9-7-12-4-2-3-5-15(12)20-16/h2-10,17H,1H3/t17-/m0/s1. The maximum Gasteiger partial charge on any atom is 0.180 e. The molecular formula is C19H13NO2. The summed E-state index contributed by atoms with van der Waals surface area (Å²) >= 11 is 0. The third kappa shape index (κ3) is 1.79. The molecule has 0 radical (unpaired) electrons. The van der Waals surface area contributed by atoms with Crippen LogP contribution in [0.3, 0.4) is 0 Å². The molecule has 0 saturated heterocycles. The van der Waals surface area contributed by atoms with Crippen molar-refractivity contribution in [1.82, 2.24) is 4.98 Å². The second-order valence-corrected chi connectivity index (χ2v) is 5.64. The fraction of sp³-hybridized carbons (Fsp3) is 0.105. The highest BCUT2D eigenvalue weighted by molar-refractivity contribution is 6.29. The quantitative estimate of drug-likeness (QED) is 0.641. The molecule has 1 aromatic heterocycles. The molecule has 4 rings (SSSR count). The Morgan fingerprint density at radius 1 is 0.864 bits per heavy atom. The van der Waals surface area contributed by atoms with Gasteiger partial charge in [0.15, 0.2) is 11.6 Å². The minimum Gasteiger partial charge on any atom is -0.293 e. The molecule has 1 aliphatic rings. The van der Waals surface area contributed by atoms with Crippen LogP contribution in [0.1, 0.15) is 37.9 Å². The number of para-hydroxylation sites is 1. The molecule has 1 heterocycles. The van der Waals surface area contributed by atoms with Gasteiger partial charge in [-0.1, -0.05) is 42.0 Å². The first-order valence-corrected chi connectivity index (χ1v) is 7.20. The van der Waals surface area contributed by atoms with Crippen LogP contribution in [0, 0.1) is 6.92 Å². The van der Waals surface area contributed by atoms with Crippen molar-refractivity contribution in [1.29, 1.82) is 0 Å². The lowest BCUT2D eigenvalue weighted by molar-refractivity contribution is 0.0888. The largest absolute Gasteiger partial charge is 0.293 e. The van der Waals surface area contributed by atoms with Crippen molar-refractivity contribution in [2.75, 3.05) is 0 Å². The molecular weight excluding hydrogens is 274 g/mol. The van der Waals surface area contributed by atoms with E-state index in [2.05, 4.69) is 4.98 Å². The number of pyridine rings is 1. The summed E-state index contributed by atoms with van der Waals surface area (Å²) in [6, 6.07) is 16.8. The molecule has 2 aromatic carbocycles. The number of nitrogens with zero attached hydrogens (tertiary/aromatic N) is 1. The Morgan fingerprint density at radius 2 is 1.64 bits per heavy atom. The van der Waals surface area contributed by atoms with Crippen molar-refractivity contribution in [2.45, 2.75) is 12.8 Å². The van der Waals surface area contributed by atoms with Crippen molar-refractivity contribution < 1.29 is 9.59 Å². The zero-order valence-corrected chi connectivity index (χ0v) is 12.0. The molecule has 0 spiro atoms. The number of hydrogen-bond acceptors (Lipinski definition) is 3. The third-order valence-electron chi connectivity index (χ3n) is 4.15. The maximum atomic E-state index is 12.6. The van der Waals surface area contributed by atoms with Gasteiger partial charge in [-0.15, -0.1) is 0 Å². The lowest BCUT2D eigenvalue weighted by Gasteiger charge is -2.07. The highest BCUT2D eigenvalue weighted by Gasteiger charge is 2.40. The summed E-state index contributed by atoms with van der Waals surface area (Å²) in [6.07, 6.45) is 0. The number of Topliss-reactive ketones (excluding diaryl/α,β-unsaturated/α-hetero) is 2. The molecule has 106 valence electrons. The van der Waals surface area contributed by atoms with Gasteiger partial charge in [-0.2, -0.15) is 0 Å². The van der Waals surface area contributed by atoms with Crippen LogP contribution in [0.25, 0.3) is 10.9 Å². The summed E-state index contributed by atoms with van der Waals surface area (Å²) in [5.74, 6) is -1.10. The molecule has 0 bridgehead atoms. The van der Waals surface area contributed by atoms with Crippen LogP contribution in [0.5, 0.6) is 0 Å². The van der Waals surface area contributed by atoms with Crippen LogP contribution in [0.2, 0.25) is 0 Å². The smallest absolute Gasteiger partial charge is 0.180 e. The van der Waals surface area contributed by atoms with Crippen molar-refractivity contribution >= 4 is 22.5 Å². The summed E-state index contributed by atoms with van der Waals surface area (Å²) in [7, 11) is 0. The zero-order valence-electron chi connectivity index (χ0n) is 12.0. The van der Waals surface area contributed by atoms with E-state index in [1.54, 1.807) is 18.2 Å². The Kier molecular flexibility index (Phi) is 2.70. The van der Waals surface area contributed by atoms with E-state index in [1.165, 1.54) is 0 Å². The Hall–Kier alpha value is -2.81. The molecule has 0 unspecified atom stereocenters. The summed E-state index contributed by atoms with van der Waals surface area (Å²) in [4.78, 5) is 29.8. The van der Waals surface area contributed by atoms with E-state index in [-0.39, 0.29) is 11.6 Å². The van der Waals surface area contributed by atoms with Gasteiger partial charge in [0.2, 0.25) is 0 Å². The fourth-order valence-electron chi connectivity index (χ4n) is 3.02. The van der Waals surface area contributed by atoms with Crippen LogP contribution in [0.4, 0.5) is 0 Å². The summed E-state index contributed by atoms with van der Waals surface area (Å²) in [5.41, 5.74) is 3.34. The SMILES string of the molecule is Cc1ccc2c(c1)C(=O)[C@@H](c1ccc3ccccc3n1)C2=O. The summed E-state index contributed by atoms with van der Waals surface area (Å²) in [6.45, 7) is 1.92. The van der Waals surface area contributed by atoms with Crippen LogP contribution >= 0.6 is 0 Å². The first-order valence-electron chi connectivity index (χ1n) is 7.20. The number of fused-ring (bicyclic) bond motifs is 2. The van der Waals surface area contributed by atoms with Gasteiger partial charge in [0.1, 0.15) is 5.92 Å². The number of aryl methyl sites for hydroxylation is 1. The number of carbonyl (C=O) groups excluding carboxylic acids is 2. The highest BCUT2D eigenvalue weighted by Crippen LogP contribution is 2.34. The van der Waals surface area contributed by atoms with Gasteiger partial charge in [-0.3, -0.25) is 14.6 Å². The van der Waals surface area contributed by atoms with Crippen molar-refractivity contribution in [3.63, 3.8) is 0 Å². The molecule has 0 aliphatic heterocycles. The van der Waals surface area contributed by atoms with E-state index < -0.39 is 5.92 Å². The fourth-order valence-corrected chi connectivity index (χ4v) is 3.02. The van der Waals surface area contributed by atoms with E-state index in [1.807, 2.05) is 43.3 Å². The second kappa shape index (κ2) is 4.60. The Balaban J connectivity index is 1.86. The van der Waals surface area contributed by atoms with Crippen LogP contribution in [0.15, 0.2) is 54.6 Å². The predicted octanol–water partition coefficient (Wildman–Crippen LogP) is 3.71. The Bertz CT molecular complexity index is 943. The topological polar surface area (TPSA) is 47.0 Å². The van der Waals surface area contributed by atoms with E-state index >= 15 is 0 Å². The van der Waals surface area contributed by atoms with E-state index in [0.717, 1.165) is 16.5 Å².